The molecule has 0 radical (unpaired) electrons. The van der Waals surface area contributed by atoms with Crippen molar-refractivity contribution in [3.63, 3.8) is 0 Å². The Kier molecular flexibility index (Phi) is 3.91. The lowest BCUT2D eigenvalue weighted by molar-refractivity contribution is -0.115. The van der Waals surface area contributed by atoms with Gasteiger partial charge in [-0.3, -0.25) is 9.89 Å². The fraction of sp³-hybridized carbons (Fsp3) is 0.154. The van der Waals surface area contributed by atoms with Crippen LogP contribution in [0.2, 0.25) is 0 Å². The first-order chi connectivity index (χ1) is 9.06. The van der Waals surface area contributed by atoms with E-state index < -0.39 is 0 Å². The van der Waals surface area contributed by atoms with E-state index in [1.807, 2.05) is 31.2 Å². The van der Waals surface area contributed by atoms with Crippen LogP contribution in [0.5, 0.6) is 0 Å². The Bertz CT molecular complexity index is 603. The molecule has 0 unspecified atom stereocenters. The fourth-order valence-corrected chi connectivity index (χ4v) is 1.80. The van der Waals surface area contributed by atoms with Crippen molar-refractivity contribution in [3.8, 4) is 0 Å². The van der Waals surface area contributed by atoms with E-state index in [0.717, 1.165) is 11.1 Å². The monoisotopic (exact) mass is 274 g/mol. The molecule has 0 aliphatic rings. The quantitative estimate of drug-likeness (QED) is 0.738. The van der Waals surface area contributed by atoms with Crippen molar-refractivity contribution in [1.82, 2.24) is 10.2 Å². The lowest BCUT2D eigenvalue weighted by atomic mass is 10.1. The highest BCUT2D eigenvalue weighted by molar-refractivity contribution is 7.80. The Morgan fingerprint density at radius 3 is 2.74 bits per heavy atom. The van der Waals surface area contributed by atoms with Gasteiger partial charge in [-0.15, -0.1) is 0 Å². The average molecular weight is 274 g/mol. The number of thiocarbonyl (C=S) groups is 1. The van der Waals surface area contributed by atoms with Gasteiger partial charge in [0.1, 0.15) is 10.8 Å². The molecule has 1 aromatic heterocycles. The van der Waals surface area contributed by atoms with E-state index in [4.69, 9.17) is 18.0 Å². The molecular weight excluding hydrogens is 260 g/mol. The minimum atomic E-state index is -0.148. The Morgan fingerprint density at radius 2 is 2.11 bits per heavy atom. The van der Waals surface area contributed by atoms with Crippen LogP contribution in [0, 0.1) is 6.92 Å². The Balaban J connectivity index is 2.03. The number of benzene rings is 1. The Morgan fingerprint density at radius 1 is 1.42 bits per heavy atom. The number of hydrogen-bond donors (Lipinski definition) is 3. The third-order valence-electron chi connectivity index (χ3n) is 2.65. The molecule has 0 saturated heterocycles. The number of nitrogens with two attached hydrogens (primary N) is 1. The van der Waals surface area contributed by atoms with Gasteiger partial charge in [-0.25, -0.2) is 0 Å². The van der Waals surface area contributed by atoms with Crippen molar-refractivity contribution >= 4 is 28.9 Å². The van der Waals surface area contributed by atoms with Gasteiger partial charge in [0.2, 0.25) is 5.91 Å². The molecule has 98 valence electrons. The summed E-state index contributed by atoms with van der Waals surface area (Å²) in [5.41, 5.74) is 8.16. The van der Waals surface area contributed by atoms with Crippen molar-refractivity contribution in [2.24, 2.45) is 5.73 Å². The molecule has 6 heteroatoms. The number of carbonyl (C=O) groups is 1. The topological polar surface area (TPSA) is 83.8 Å². The molecule has 0 aliphatic carbocycles. The third kappa shape index (κ3) is 3.38. The fourth-order valence-electron chi connectivity index (χ4n) is 1.64. The first-order valence-electron chi connectivity index (χ1n) is 5.75. The number of aryl methyl sites for hydroxylation is 1. The SMILES string of the molecule is Cc1ccc(CC(=O)Nc2[nH]ncc2C(N)=S)cc1. The van der Waals surface area contributed by atoms with Crippen LogP contribution in [0.15, 0.2) is 30.5 Å². The summed E-state index contributed by atoms with van der Waals surface area (Å²) in [5, 5.41) is 9.18. The van der Waals surface area contributed by atoms with Gasteiger partial charge >= 0.3 is 0 Å². The summed E-state index contributed by atoms with van der Waals surface area (Å²) in [6.07, 6.45) is 1.78. The molecule has 4 N–H and O–H groups in total. The van der Waals surface area contributed by atoms with Crippen molar-refractivity contribution in [1.29, 1.82) is 0 Å². The Hall–Kier alpha value is -2.21. The van der Waals surface area contributed by atoms with Crippen molar-refractivity contribution < 1.29 is 4.79 Å². The second kappa shape index (κ2) is 5.62. The molecule has 0 spiro atoms. The maximum Gasteiger partial charge on any atom is 0.229 e. The highest BCUT2D eigenvalue weighted by Gasteiger charge is 2.11. The number of hydrogen-bond acceptors (Lipinski definition) is 3. The van der Waals surface area contributed by atoms with Gasteiger partial charge in [0.15, 0.2) is 0 Å². The maximum atomic E-state index is 11.9. The van der Waals surface area contributed by atoms with Crippen molar-refractivity contribution in [3.05, 3.63) is 47.2 Å². The van der Waals surface area contributed by atoms with Gasteiger partial charge in [-0.2, -0.15) is 5.10 Å². The maximum absolute atomic E-state index is 11.9. The van der Waals surface area contributed by atoms with Crippen LogP contribution in [-0.2, 0) is 11.2 Å². The lowest BCUT2D eigenvalue weighted by Crippen LogP contribution is -2.18. The van der Waals surface area contributed by atoms with Crippen molar-refractivity contribution in [2.75, 3.05) is 5.32 Å². The van der Waals surface area contributed by atoms with Crippen LogP contribution >= 0.6 is 12.2 Å². The average Bonchev–Trinajstić information content (AvgIpc) is 2.80. The minimum Gasteiger partial charge on any atom is -0.389 e. The molecule has 19 heavy (non-hydrogen) atoms. The number of rotatable bonds is 4. The number of H-pyrrole nitrogens is 1. The standard InChI is InChI=1S/C13H14N4OS/c1-8-2-4-9(5-3-8)6-11(18)16-13-10(12(14)19)7-15-17-13/h2-5,7H,6H2,1H3,(H2,14,19)(H2,15,16,17,18). The molecule has 1 aromatic carbocycles. The molecule has 5 nitrogen and oxygen atoms in total. The number of nitrogens with zero attached hydrogens (tertiary/aromatic N) is 1. The first-order valence-corrected chi connectivity index (χ1v) is 6.15. The summed E-state index contributed by atoms with van der Waals surface area (Å²) in [4.78, 5) is 12.1. The van der Waals surface area contributed by atoms with E-state index in [1.54, 1.807) is 0 Å². The van der Waals surface area contributed by atoms with E-state index >= 15 is 0 Å². The first kappa shape index (κ1) is 13.2. The van der Waals surface area contributed by atoms with Crippen LogP contribution in [0.4, 0.5) is 5.82 Å². The zero-order valence-corrected chi connectivity index (χ0v) is 11.3. The number of carbonyl (C=O) groups excluding carboxylic acids is 1. The minimum absolute atomic E-state index is 0.148. The molecule has 1 heterocycles. The lowest BCUT2D eigenvalue weighted by Gasteiger charge is -2.05. The summed E-state index contributed by atoms with van der Waals surface area (Å²) in [5.74, 6) is 0.287. The van der Waals surface area contributed by atoms with E-state index in [1.165, 1.54) is 6.20 Å². The molecule has 0 saturated carbocycles. The molecule has 1 amide bonds. The van der Waals surface area contributed by atoms with Gasteiger partial charge in [-0.05, 0) is 12.5 Å². The molecule has 2 aromatic rings. The zero-order valence-electron chi connectivity index (χ0n) is 10.4. The van der Waals surface area contributed by atoms with Crippen LogP contribution in [-0.4, -0.2) is 21.1 Å². The van der Waals surface area contributed by atoms with E-state index in [0.29, 0.717) is 11.4 Å². The van der Waals surface area contributed by atoms with Gasteiger partial charge in [0.05, 0.1) is 18.2 Å². The normalized spacial score (nSPS) is 10.2. The van der Waals surface area contributed by atoms with Gasteiger partial charge in [0, 0.05) is 0 Å². The summed E-state index contributed by atoms with van der Waals surface area (Å²) < 4.78 is 0. The second-order valence-corrected chi connectivity index (χ2v) is 4.67. The van der Waals surface area contributed by atoms with Gasteiger partial charge in [0.25, 0.3) is 0 Å². The molecule has 0 atom stereocenters. The summed E-state index contributed by atoms with van der Waals surface area (Å²) in [6, 6.07) is 7.80. The van der Waals surface area contributed by atoms with Crippen LogP contribution < -0.4 is 11.1 Å². The molecule has 0 aliphatic heterocycles. The number of aromatic nitrogens is 2. The zero-order chi connectivity index (χ0) is 13.8. The summed E-state index contributed by atoms with van der Waals surface area (Å²) in [6.45, 7) is 2.00. The Labute approximate surface area is 116 Å². The molecule has 0 bridgehead atoms. The number of aromatic amines is 1. The largest absolute Gasteiger partial charge is 0.389 e. The number of anilines is 1. The van der Waals surface area contributed by atoms with E-state index in [9.17, 15) is 4.79 Å². The third-order valence-corrected chi connectivity index (χ3v) is 2.87. The molecule has 0 fully saturated rings. The predicted molar refractivity (Wildman–Crippen MR) is 78.0 cm³/mol. The van der Waals surface area contributed by atoms with E-state index in [-0.39, 0.29) is 17.3 Å². The number of nitrogens with one attached hydrogen (secondary N) is 2. The predicted octanol–water partition coefficient (Wildman–Crippen LogP) is 1.53. The number of amides is 1. The highest BCUT2D eigenvalue weighted by atomic mass is 32.1. The molecule has 2 rings (SSSR count). The van der Waals surface area contributed by atoms with Crippen LogP contribution in [0.3, 0.4) is 0 Å². The summed E-state index contributed by atoms with van der Waals surface area (Å²) >= 11 is 4.87. The van der Waals surface area contributed by atoms with E-state index in [2.05, 4.69) is 15.5 Å². The van der Waals surface area contributed by atoms with Crippen molar-refractivity contribution in [2.45, 2.75) is 13.3 Å². The summed E-state index contributed by atoms with van der Waals surface area (Å²) in [7, 11) is 0. The molecular formula is C13H14N4OS. The van der Waals surface area contributed by atoms with Gasteiger partial charge < -0.3 is 11.1 Å². The smallest absolute Gasteiger partial charge is 0.229 e. The van der Waals surface area contributed by atoms with Crippen LogP contribution in [0.1, 0.15) is 16.7 Å². The second-order valence-electron chi connectivity index (χ2n) is 4.23. The van der Waals surface area contributed by atoms with Gasteiger partial charge in [-0.1, -0.05) is 42.0 Å². The van der Waals surface area contributed by atoms with Crippen LogP contribution in [0.25, 0.3) is 0 Å². The highest BCUT2D eigenvalue weighted by Crippen LogP contribution is 2.11.